The summed E-state index contributed by atoms with van der Waals surface area (Å²) in [6, 6.07) is 6.84. The number of benzene rings is 1. The lowest BCUT2D eigenvalue weighted by Crippen LogP contribution is -2.46. The van der Waals surface area contributed by atoms with Crippen LogP contribution in [0.3, 0.4) is 0 Å². The number of likely N-dealkylation sites (tertiary alicyclic amines) is 1. The number of carbonyl (C=O) groups excluding carboxylic acids is 2. The van der Waals surface area contributed by atoms with Gasteiger partial charge in [-0.25, -0.2) is 4.79 Å². The maximum Gasteiger partial charge on any atom is 0.317 e. The molecule has 1 aliphatic heterocycles. The molecule has 28 heavy (non-hydrogen) atoms. The Morgan fingerprint density at radius 1 is 1.25 bits per heavy atom. The quantitative estimate of drug-likeness (QED) is 0.787. The zero-order valence-corrected chi connectivity index (χ0v) is 16.1. The molecule has 0 saturated carbocycles. The first kappa shape index (κ1) is 19.7. The number of anilines is 1. The van der Waals surface area contributed by atoms with Crippen LogP contribution in [0.2, 0.25) is 0 Å². The van der Waals surface area contributed by atoms with Crippen molar-refractivity contribution in [3.8, 4) is 5.75 Å². The van der Waals surface area contributed by atoms with E-state index in [4.69, 9.17) is 9.26 Å². The van der Waals surface area contributed by atoms with Gasteiger partial charge in [-0.3, -0.25) is 4.79 Å². The molecule has 150 valence electrons. The Kier molecular flexibility index (Phi) is 6.46. The van der Waals surface area contributed by atoms with Crippen LogP contribution in [0.1, 0.15) is 37.4 Å². The number of ether oxygens (including phenoxy) is 1. The predicted octanol–water partition coefficient (Wildman–Crippen LogP) is 2.30. The fourth-order valence-corrected chi connectivity index (χ4v) is 3.08. The summed E-state index contributed by atoms with van der Waals surface area (Å²) < 4.78 is 10.6. The second-order valence-corrected chi connectivity index (χ2v) is 6.61. The molecule has 9 heteroatoms. The van der Waals surface area contributed by atoms with Crippen molar-refractivity contribution in [3.63, 3.8) is 0 Å². The fraction of sp³-hybridized carbons (Fsp3) is 0.474. The third-order valence-corrected chi connectivity index (χ3v) is 4.52. The van der Waals surface area contributed by atoms with E-state index in [1.165, 1.54) is 0 Å². The summed E-state index contributed by atoms with van der Waals surface area (Å²) in [7, 11) is 0. The highest BCUT2D eigenvalue weighted by Crippen LogP contribution is 2.26. The second kappa shape index (κ2) is 9.20. The zero-order chi connectivity index (χ0) is 19.9. The molecule has 2 N–H and O–H groups in total. The SMILES string of the molecule is CCOc1ccc(NC(=O)CNC(=O)N2CCC(c3nc(C)no3)CC2)cc1. The Labute approximate surface area is 163 Å². The van der Waals surface area contributed by atoms with Crippen LogP contribution in [0.4, 0.5) is 10.5 Å². The molecular formula is C19H25N5O4. The summed E-state index contributed by atoms with van der Waals surface area (Å²) in [5.74, 6) is 1.89. The van der Waals surface area contributed by atoms with Crippen molar-refractivity contribution in [2.24, 2.45) is 0 Å². The topological polar surface area (TPSA) is 110 Å². The van der Waals surface area contributed by atoms with E-state index in [0.717, 1.165) is 18.6 Å². The van der Waals surface area contributed by atoms with E-state index in [0.29, 0.717) is 37.1 Å². The molecule has 0 atom stereocenters. The van der Waals surface area contributed by atoms with E-state index >= 15 is 0 Å². The number of hydrogen-bond acceptors (Lipinski definition) is 6. The number of rotatable bonds is 6. The van der Waals surface area contributed by atoms with Crippen LogP contribution in [0.5, 0.6) is 5.75 Å². The highest BCUT2D eigenvalue weighted by molar-refractivity contribution is 5.94. The standard InChI is InChI=1S/C19H25N5O4/c1-3-27-16-6-4-15(5-7-16)22-17(25)12-20-19(26)24-10-8-14(9-11-24)18-21-13(2)23-28-18/h4-7,14H,3,8-12H2,1-2H3,(H,20,26)(H,22,25). The number of nitrogens with one attached hydrogen (secondary N) is 2. The fourth-order valence-electron chi connectivity index (χ4n) is 3.08. The van der Waals surface area contributed by atoms with E-state index in [9.17, 15) is 9.59 Å². The van der Waals surface area contributed by atoms with E-state index < -0.39 is 0 Å². The Morgan fingerprint density at radius 2 is 1.96 bits per heavy atom. The van der Waals surface area contributed by atoms with Gasteiger partial charge in [0.2, 0.25) is 11.8 Å². The summed E-state index contributed by atoms with van der Waals surface area (Å²) in [6.07, 6.45) is 1.51. The molecule has 1 aliphatic rings. The van der Waals surface area contributed by atoms with Crippen LogP contribution in [0, 0.1) is 6.92 Å². The average molecular weight is 387 g/mol. The van der Waals surface area contributed by atoms with Gasteiger partial charge in [-0.2, -0.15) is 4.98 Å². The molecule has 1 saturated heterocycles. The third kappa shape index (κ3) is 5.21. The Balaban J connectivity index is 1.39. The van der Waals surface area contributed by atoms with Crippen LogP contribution in [-0.2, 0) is 4.79 Å². The summed E-state index contributed by atoms with van der Waals surface area (Å²) in [5.41, 5.74) is 0.651. The minimum Gasteiger partial charge on any atom is -0.494 e. The highest BCUT2D eigenvalue weighted by Gasteiger charge is 2.27. The van der Waals surface area contributed by atoms with Crippen LogP contribution < -0.4 is 15.4 Å². The zero-order valence-electron chi connectivity index (χ0n) is 16.1. The molecule has 3 amide bonds. The molecule has 0 bridgehead atoms. The Bertz CT molecular complexity index is 797. The highest BCUT2D eigenvalue weighted by atomic mass is 16.5. The summed E-state index contributed by atoms with van der Waals surface area (Å²) in [4.78, 5) is 30.3. The number of amides is 3. The second-order valence-electron chi connectivity index (χ2n) is 6.61. The van der Waals surface area contributed by atoms with Gasteiger partial charge in [0, 0.05) is 24.7 Å². The lowest BCUT2D eigenvalue weighted by molar-refractivity contribution is -0.115. The van der Waals surface area contributed by atoms with Crippen LogP contribution in [-0.4, -0.2) is 53.2 Å². The van der Waals surface area contributed by atoms with Gasteiger partial charge >= 0.3 is 6.03 Å². The molecular weight excluding hydrogens is 362 g/mol. The van der Waals surface area contributed by atoms with Gasteiger partial charge in [0.05, 0.1) is 13.2 Å². The smallest absolute Gasteiger partial charge is 0.317 e. The van der Waals surface area contributed by atoms with E-state index in [-0.39, 0.29) is 24.4 Å². The number of aryl methyl sites for hydroxylation is 1. The predicted molar refractivity (Wildman–Crippen MR) is 102 cm³/mol. The first-order valence-electron chi connectivity index (χ1n) is 9.41. The van der Waals surface area contributed by atoms with Gasteiger partial charge in [-0.1, -0.05) is 5.16 Å². The molecule has 3 rings (SSSR count). The number of piperidine rings is 1. The van der Waals surface area contributed by atoms with Crippen molar-refractivity contribution in [1.82, 2.24) is 20.4 Å². The largest absolute Gasteiger partial charge is 0.494 e. The number of nitrogens with zero attached hydrogens (tertiary/aromatic N) is 3. The van der Waals surface area contributed by atoms with Crippen molar-refractivity contribution in [2.75, 3.05) is 31.6 Å². The molecule has 0 spiro atoms. The first-order chi connectivity index (χ1) is 13.5. The van der Waals surface area contributed by atoms with Crippen molar-refractivity contribution in [1.29, 1.82) is 0 Å². The lowest BCUT2D eigenvalue weighted by atomic mass is 9.97. The van der Waals surface area contributed by atoms with Gasteiger partial charge in [0.1, 0.15) is 5.75 Å². The van der Waals surface area contributed by atoms with Crippen LogP contribution in [0.15, 0.2) is 28.8 Å². The molecule has 2 heterocycles. The van der Waals surface area contributed by atoms with E-state index in [1.54, 1.807) is 36.1 Å². The Morgan fingerprint density at radius 3 is 2.57 bits per heavy atom. The molecule has 9 nitrogen and oxygen atoms in total. The van der Waals surface area contributed by atoms with E-state index in [2.05, 4.69) is 20.8 Å². The first-order valence-corrected chi connectivity index (χ1v) is 9.41. The van der Waals surface area contributed by atoms with Gasteiger partial charge in [-0.15, -0.1) is 0 Å². The Hall–Kier alpha value is -3.10. The van der Waals surface area contributed by atoms with Crippen molar-refractivity contribution < 1.29 is 18.8 Å². The maximum atomic E-state index is 12.3. The molecule has 0 unspecified atom stereocenters. The summed E-state index contributed by atoms with van der Waals surface area (Å²) in [6.45, 7) is 5.36. The summed E-state index contributed by atoms with van der Waals surface area (Å²) in [5, 5.41) is 9.22. The summed E-state index contributed by atoms with van der Waals surface area (Å²) >= 11 is 0. The van der Waals surface area contributed by atoms with Gasteiger partial charge < -0.3 is 24.8 Å². The lowest BCUT2D eigenvalue weighted by Gasteiger charge is -2.30. The maximum absolute atomic E-state index is 12.3. The number of urea groups is 1. The van der Waals surface area contributed by atoms with Crippen LogP contribution >= 0.6 is 0 Å². The number of aromatic nitrogens is 2. The minimum atomic E-state index is -0.284. The molecule has 2 aromatic rings. The third-order valence-electron chi connectivity index (χ3n) is 4.52. The average Bonchev–Trinajstić information content (AvgIpc) is 3.14. The van der Waals surface area contributed by atoms with Gasteiger partial charge in [-0.05, 0) is 51.0 Å². The monoisotopic (exact) mass is 387 g/mol. The molecule has 0 radical (unpaired) electrons. The molecule has 1 aromatic heterocycles. The van der Waals surface area contributed by atoms with Crippen molar-refractivity contribution in [3.05, 3.63) is 36.0 Å². The normalized spacial score (nSPS) is 14.6. The number of hydrogen-bond donors (Lipinski definition) is 2. The van der Waals surface area contributed by atoms with Gasteiger partial charge in [0.25, 0.3) is 0 Å². The molecule has 1 fully saturated rings. The minimum absolute atomic E-state index is 0.0885. The van der Waals surface area contributed by atoms with Crippen LogP contribution in [0.25, 0.3) is 0 Å². The molecule has 0 aliphatic carbocycles. The van der Waals surface area contributed by atoms with Crippen molar-refractivity contribution >= 4 is 17.6 Å². The van der Waals surface area contributed by atoms with Gasteiger partial charge in [0.15, 0.2) is 5.82 Å². The van der Waals surface area contributed by atoms with E-state index in [1.807, 2.05) is 6.92 Å². The van der Waals surface area contributed by atoms with Crippen molar-refractivity contribution in [2.45, 2.75) is 32.6 Å². The molecule has 1 aromatic carbocycles. The number of carbonyl (C=O) groups is 2.